The molecule has 1 rings (SSSR count). The second kappa shape index (κ2) is 4.78. The topological polar surface area (TPSA) is 27.0 Å². The first-order valence-electron chi connectivity index (χ1n) is 4.79. The predicted octanol–water partition coefficient (Wildman–Crippen LogP) is 2.34. The van der Waals surface area contributed by atoms with Gasteiger partial charge in [0.25, 0.3) is 0 Å². The van der Waals surface area contributed by atoms with E-state index in [2.05, 4.69) is 37.3 Å². The van der Waals surface area contributed by atoms with Crippen molar-refractivity contribution in [1.82, 2.24) is 4.90 Å². The van der Waals surface area contributed by atoms with Gasteiger partial charge < -0.3 is 0 Å². The molecule has 2 heteroatoms. The molecule has 0 aliphatic carbocycles. The van der Waals surface area contributed by atoms with Crippen molar-refractivity contribution in [2.45, 2.75) is 26.4 Å². The number of nitrogens with zero attached hydrogens (tertiary/aromatic N) is 2. The molecule has 1 aromatic rings. The van der Waals surface area contributed by atoms with Crippen LogP contribution in [0.1, 0.15) is 18.1 Å². The van der Waals surface area contributed by atoms with E-state index in [4.69, 9.17) is 5.26 Å². The van der Waals surface area contributed by atoms with E-state index in [0.717, 1.165) is 6.54 Å². The fourth-order valence-electron chi connectivity index (χ4n) is 1.33. The Labute approximate surface area is 85.8 Å². The molecule has 0 radical (unpaired) electrons. The van der Waals surface area contributed by atoms with E-state index in [1.165, 1.54) is 11.1 Å². The molecule has 14 heavy (non-hydrogen) atoms. The molecule has 0 aliphatic heterocycles. The highest BCUT2D eigenvalue weighted by atomic mass is 15.1. The van der Waals surface area contributed by atoms with Gasteiger partial charge in [-0.05, 0) is 26.5 Å². The molecule has 0 bridgehead atoms. The van der Waals surface area contributed by atoms with Crippen LogP contribution in [-0.2, 0) is 6.54 Å². The van der Waals surface area contributed by atoms with E-state index < -0.39 is 0 Å². The summed E-state index contributed by atoms with van der Waals surface area (Å²) in [7, 11) is 1.97. The van der Waals surface area contributed by atoms with Crippen LogP contribution in [0.25, 0.3) is 0 Å². The monoisotopic (exact) mass is 188 g/mol. The molecular weight excluding hydrogens is 172 g/mol. The summed E-state index contributed by atoms with van der Waals surface area (Å²) in [5.41, 5.74) is 2.52. The van der Waals surface area contributed by atoms with E-state index in [1.54, 1.807) is 0 Å². The Balaban J connectivity index is 2.65. The molecule has 0 spiro atoms. The Kier molecular flexibility index (Phi) is 3.67. The van der Waals surface area contributed by atoms with Gasteiger partial charge in [-0.3, -0.25) is 4.90 Å². The molecule has 0 heterocycles. The van der Waals surface area contributed by atoms with Crippen molar-refractivity contribution in [3.05, 3.63) is 35.4 Å². The van der Waals surface area contributed by atoms with Crippen LogP contribution in [0.2, 0.25) is 0 Å². The number of hydrogen-bond acceptors (Lipinski definition) is 2. The van der Waals surface area contributed by atoms with Crippen LogP contribution in [-0.4, -0.2) is 18.0 Å². The minimum absolute atomic E-state index is 0.0319. The van der Waals surface area contributed by atoms with Gasteiger partial charge in [-0.25, -0.2) is 0 Å². The summed E-state index contributed by atoms with van der Waals surface area (Å²) in [5.74, 6) is 0. The lowest BCUT2D eigenvalue weighted by Crippen LogP contribution is -2.26. The summed E-state index contributed by atoms with van der Waals surface area (Å²) in [6, 6.07) is 10.6. The third kappa shape index (κ3) is 2.86. The Morgan fingerprint density at radius 1 is 1.50 bits per heavy atom. The molecule has 0 amide bonds. The Morgan fingerprint density at radius 2 is 2.21 bits per heavy atom. The first-order valence-corrected chi connectivity index (χ1v) is 4.79. The lowest BCUT2D eigenvalue weighted by molar-refractivity contribution is 0.294. The molecule has 74 valence electrons. The highest BCUT2D eigenvalue weighted by molar-refractivity contribution is 5.22. The van der Waals surface area contributed by atoms with Gasteiger partial charge in [0.1, 0.15) is 0 Å². The summed E-state index contributed by atoms with van der Waals surface area (Å²) in [5, 5.41) is 8.75. The highest BCUT2D eigenvalue weighted by Crippen LogP contribution is 2.08. The zero-order chi connectivity index (χ0) is 10.6. The van der Waals surface area contributed by atoms with Crippen molar-refractivity contribution in [3.63, 3.8) is 0 Å². The Bertz CT molecular complexity index is 338. The first kappa shape index (κ1) is 10.7. The van der Waals surface area contributed by atoms with Crippen LogP contribution in [0.15, 0.2) is 24.3 Å². The summed E-state index contributed by atoms with van der Waals surface area (Å²) in [6.07, 6.45) is 0. The van der Waals surface area contributed by atoms with Gasteiger partial charge in [0, 0.05) is 6.54 Å². The maximum atomic E-state index is 8.75. The van der Waals surface area contributed by atoms with Gasteiger partial charge in [-0.15, -0.1) is 0 Å². The summed E-state index contributed by atoms with van der Waals surface area (Å²) in [6.45, 7) is 4.82. The SMILES string of the molecule is Cc1cccc(CN(C)C(C)C#N)c1. The van der Waals surface area contributed by atoms with Gasteiger partial charge in [0.05, 0.1) is 12.1 Å². The lowest BCUT2D eigenvalue weighted by atomic mass is 10.1. The van der Waals surface area contributed by atoms with E-state index in [9.17, 15) is 0 Å². The molecule has 1 unspecified atom stereocenters. The van der Waals surface area contributed by atoms with Gasteiger partial charge in [0.2, 0.25) is 0 Å². The molecule has 0 saturated heterocycles. The van der Waals surface area contributed by atoms with Gasteiger partial charge in [-0.1, -0.05) is 29.8 Å². The second-order valence-corrected chi connectivity index (χ2v) is 3.71. The highest BCUT2D eigenvalue weighted by Gasteiger charge is 2.07. The molecule has 0 aromatic heterocycles. The van der Waals surface area contributed by atoms with E-state index in [0.29, 0.717) is 0 Å². The van der Waals surface area contributed by atoms with Crippen molar-refractivity contribution in [1.29, 1.82) is 5.26 Å². The fourth-order valence-corrected chi connectivity index (χ4v) is 1.33. The number of aryl methyl sites for hydroxylation is 1. The first-order chi connectivity index (χ1) is 6.63. The number of hydrogen-bond donors (Lipinski definition) is 0. The Morgan fingerprint density at radius 3 is 2.79 bits per heavy atom. The minimum Gasteiger partial charge on any atom is -0.287 e. The largest absolute Gasteiger partial charge is 0.287 e. The number of nitriles is 1. The molecule has 0 fully saturated rings. The van der Waals surface area contributed by atoms with E-state index in [1.807, 2.05) is 18.9 Å². The van der Waals surface area contributed by atoms with Gasteiger partial charge in [-0.2, -0.15) is 5.26 Å². The fraction of sp³-hybridized carbons (Fsp3) is 0.417. The van der Waals surface area contributed by atoms with Crippen molar-refractivity contribution in [2.75, 3.05) is 7.05 Å². The van der Waals surface area contributed by atoms with Gasteiger partial charge in [0.15, 0.2) is 0 Å². The third-order valence-electron chi connectivity index (χ3n) is 2.36. The van der Waals surface area contributed by atoms with E-state index in [-0.39, 0.29) is 6.04 Å². The molecule has 1 atom stereocenters. The molecule has 0 N–H and O–H groups in total. The van der Waals surface area contributed by atoms with Crippen molar-refractivity contribution >= 4 is 0 Å². The molecular formula is C12H16N2. The van der Waals surface area contributed by atoms with Crippen molar-refractivity contribution < 1.29 is 0 Å². The number of rotatable bonds is 3. The average molecular weight is 188 g/mol. The zero-order valence-electron chi connectivity index (χ0n) is 8.99. The predicted molar refractivity (Wildman–Crippen MR) is 57.7 cm³/mol. The normalized spacial score (nSPS) is 12.5. The van der Waals surface area contributed by atoms with Crippen LogP contribution in [0, 0.1) is 18.3 Å². The standard InChI is InChI=1S/C12H16N2/c1-10-5-4-6-12(7-10)9-14(3)11(2)8-13/h4-7,11H,9H2,1-3H3. The van der Waals surface area contributed by atoms with Gasteiger partial charge >= 0.3 is 0 Å². The summed E-state index contributed by atoms with van der Waals surface area (Å²) in [4.78, 5) is 2.04. The Hall–Kier alpha value is -1.33. The number of benzene rings is 1. The van der Waals surface area contributed by atoms with Crippen LogP contribution in [0.4, 0.5) is 0 Å². The van der Waals surface area contributed by atoms with Crippen LogP contribution in [0.5, 0.6) is 0 Å². The average Bonchev–Trinajstić information content (AvgIpc) is 2.16. The molecule has 1 aromatic carbocycles. The summed E-state index contributed by atoms with van der Waals surface area (Å²) >= 11 is 0. The van der Waals surface area contributed by atoms with Crippen molar-refractivity contribution in [2.24, 2.45) is 0 Å². The quantitative estimate of drug-likeness (QED) is 0.728. The maximum absolute atomic E-state index is 8.75. The molecule has 2 nitrogen and oxygen atoms in total. The molecule has 0 aliphatic rings. The molecule has 0 saturated carbocycles. The minimum atomic E-state index is -0.0319. The third-order valence-corrected chi connectivity index (χ3v) is 2.36. The van der Waals surface area contributed by atoms with Crippen molar-refractivity contribution in [3.8, 4) is 6.07 Å². The second-order valence-electron chi connectivity index (χ2n) is 3.71. The van der Waals surface area contributed by atoms with E-state index >= 15 is 0 Å². The van der Waals surface area contributed by atoms with Crippen LogP contribution < -0.4 is 0 Å². The maximum Gasteiger partial charge on any atom is 0.0949 e. The van der Waals surface area contributed by atoms with Crippen LogP contribution in [0.3, 0.4) is 0 Å². The van der Waals surface area contributed by atoms with Crippen LogP contribution >= 0.6 is 0 Å². The lowest BCUT2D eigenvalue weighted by Gasteiger charge is -2.18. The zero-order valence-corrected chi connectivity index (χ0v) is 8.99. The summed E-state index contributed by atoms with van der Waals surface area (Å²) < 4.78 is 0. The smallest absolute Gasteiger partial charge is 0.0949 e.